The molecular weight excluding hydrogens is 224 g/mol. The lowest BCUT2D eigenvalue weighted by Gasteiger charge is -1.95. The molecule has 0 atom stereocenters. The van der Waals surface area contributed by atoms with Crippen molar-refractivity contribution in [2.45, 2.75) is 0 Å². The number of pyridine rings is 1. The van der Waals surface area contributed by atoms with Gasteiger partial charge in [-0.15, -0.1) is 0 Å². The second-order valence-corrected chi connectivity index (χ2v) is 3.75. The zero-order valence-electron chi connectivity index (χ0n) is 8.07. The van der Waals surface area contributed by atoms with E-state index < -0.39 is 0 Å². The number of fused-ring (bicyclic) bond motifs is 1. The maximum atomic E-state index is 10.9. The van der Waals surface area contributed by atoms with Crippen LogP contribution in [0.15, 0.2) is 29.9 Å². The first-order chi connectivity index (χ1) is 7.90. The molecule has 0 amide bonds. The lowest BCUT2D eigenvalue weighted by Crippen LogP contribution is -1.89. The molecule has 0 bridgehead atoms. The van der Waals surface area contributed by atoms with E-state index in [1.165, 1.54) is 11.5 Å². The van der Waals surface area contributed by atoms with E-state index in [4.69, 9.17) is 0 Å². The van der Waals surface area contributed by atoms with Gasteiger partial charge in [0.25, 0.3) is 0 Å². The van der Waals surface area contributed by atoms with Crippen LogP contribution >= 0.6 is 11.5 Å². The second kappa shape index (κ2) is 3.49. The van der Waals surface area contributed by atoms with E-state index in [9.17, 15) is 4.79 Å². The average Bonchev–Trinajstić information content (AvgIpc) is 2.95. The third-order valence-corrected chi connectivity index (χ3v) is 2.73. The molecule has 0 fully saturated rings. The number of hydrogen-bond acceptors (Lipinski definition) is 5. The molecule has 3 aromatic rings. The summed E-state index contributed by atoms with van der Waals surface area (Å²) in [5, 5.41) is 0. The van der Waals surface area contributed by atoms with Gasteiger partial charge >= 0.3 is 0 Å². The summed E-state index contributed by atoms with van der Waals surface area (Å²) in [4.78, 5) is 19.2. The summed E-state index contributed by atoms with van der Waals surface area (Å²) in [6.07, 6.45) is 2.58. The molecule has 0 saturated heterocycles. The highest BCUT2D eigenvalue weighted by Crippen LogP contribution is 2.19. The molecule has 0 aromatic carbocycles. The van der Waals surface area contributed by atoms with Crippen LogP contribution in [0.25, 0.3) is 17.2 Å². The van der Waals surface area contributed by atoms with Crippen LogP contribution in [0.3, 0.4) is 0 Å². The zero-order chi connectivity index (χ0) is 11.0. The molecule has 3 rings (SSSR count). The van der Waals surface area contributed by atoms with E-state index in [1.54, 1.807) is 5.51 Å². The Morgan fingerprint density at radius 2 is 2.31 bits per heavy atom. The van der Waals surface area contributed by atoms with Crippen molar-refractivity contribution in [2.75, 3.05) is 0 Å². The minimum Gasteiger partial charge on any atom is -0.296 e. The summed E-state index contributed by atoms with van der Waals surface area (Å²) in [5.41, 5.74) is 2.81. The number of rotatable bonds is 2. The van der Waals surface area contributed by atoms with Gasteiger partial charge in [0.1, 0.15) is 11.2 Å². The second-order valence-electron chi connectivity index (χ2n) is 3.15. The van der Waals surface area contributed by atoms with Crippen molar-refractivity contribution in [3.63, 3.8) is 0 Å². The molecular formula is C10H6N4OS. The van der Waals surface area contributed by atoms with Gasteiger partial charge in [0, 0.05) is 6.20 Å². The maximum Gasteiger partial charge on any atom is 0.209 e. The molecule has 3 heterocycles. The SMILES string of the molecule is O=Cc1nc(-c2ncsn2)n2ccccc12. The van der Waals surface area contributed by atoms with Gasteiger partial charge in [-0.2, -0.15) is 4.37 Å². The summed E-state index contributed by atoms with van der Waals surface area (Å²) in [6, 6.07) is 5.58. The topological polar surface area (TPSA) is 60.2 Å². The lowest BCUT2D eigenvalue weighted by molar-refractivity contribution is 0.112. The minimum atomic E-state index is 0.408. The van der Waals surface area contributed by atoms with Crippen LogP contribution < -0.4 is 0 Å². The number of imidazole rings is 1. The molecule has 0 spiro atoms. The van der Waals surface area contributed by atoms with Gasteiger partial charge in [-0.05, 0) is 23.7 Å². The molecule has 0 N–H and O–H groups in total. The monoisotopic (exact) mass is 230 g/mol. The Labute approximate surface area is 94.6 Å². The third-order valence-electron chi connectivity index (χ3n) is 2.25. The van der Waals surface area contributed by atoms with Crippen LogP contribution in [0.1, 0.15) is 10.5 Å². The van der Waals surface area contributed by atoms with E-state index in [0.29, 0.717) is 17.3 Å². The van der Waals surface area contributed by atoms with Crippen molar-refractivity contribution in [3.05, 3.63) is 35.6 Å². The number of aldehydes is 1. The number of aromatic nitrogens is 4. The van der Waals surface area contributed by atoms with Crippen molar-refractivity contribution in [2.24, 2.45) is 0 Å². The molecule has 0 unspecified atom stereocenters. The number of carbonyl (C=O) groups is 1. The fourth-order valence-corrected chi connectivity index (χ4v) is 2.00. The van der Waals surface area contributed by atoms with Gasteiger partial charge in [0.2, 0.25) is 5.82 Å². The van der Waals surface area contributed by atoms with Crippen LogP contribution in [0.5, 0.6) is 0 Å². The van der Waals surface area contributed by atoms with Crippen molar-refractivity contribution < 1.29 is 4.79 Å². The zero-order valence-corrected chi connectivity index (χ0v) is 8.89. The van der Waals surface area contributed by atoms with Gasteiger partial charge in [-0.1, -0.05) is 6.07 Å². The molecule has 6 heteroatoms. The molecule has 0 saturated carbocycles. The molecule has 5 nitrogen and oxygen atoms in total. The first-order valence-electron chi connectivity index (χ1n) is 4.59. The summed E-state index contributed by atoms with van der Waals surface area (Å²) in [6.45, 7) is 0. The van der Waals surface area contributed by atoms with Crippen LogP contribution in [0, 0.1) is 0 Å². The van der Waals surface area contributed by atoms with Crippen LogP contribution in [0.4, 0.5) is 0 Å². The Balaban J connectivity index is 2.37. The number of nitrogens with zero attached hydrogens (tertiary/aromatic N) is 4. The largest absolute Gasteiger partial charge is 0.296 e. The molecule has 78 valence electrons. The smallest absolute Gasteiger partial charge is 0.209 e. The summed E-state index contributed by atoms with van der Waals surface area (Å²) >= 11 is 1.26. The molecule has 3 aromatic heterocycles. The van der Waals surface area contributed by atoms with Crippen molar-refractivity contribution in [1.29, 1.82) is 0 Å². The highest BCUT2D eigenvalue weighted by molar-refractivity contribution is 7.03. The van der Waals surface area contributed by atoms with E-state index in [-0.39, 0.29) is 0 Å². The first-order valence-corrected chi connectivity index (χ1v) is 5.43. The normalized spacial score (nSPS) is 10.8. The number of hydrogen-bond donors (Lipinski definition) is 0. The van der Waals surface area contributed by atoms with Crippen LogP contribution in [-0.4, -0.2) is 25.0 Å². The predicted octanol–water partition coefficient (Wildman–Crippen LogP) is 1.67. The summed E-state index contributed by atoms with van der Waals surface area (Å²) in [7, 11) is 0. The van der Waals surface area contributed by atoms with E-state index >= 15 is 0 Å². The molecule has 0 aliphatic heterocycles. The Kier molecular flexibility index (Phi) is 2.00. The van der Waals surface area contributed by atoms with Gasteiger partial charge in [-0.25, -0.2) is 9.97 Å². The summed E-state index contributed by atoms with van der Waals surface area (Å²) < 4.78 is 5.93. The lowest BCUT2D eigenvalue weighted by atomic mass is 10.3. The van der Waals surface area contributed by atoms with Gasteiger partial charge < -0.3 is 0 Å². The van der Waals surface area contributed by atoms with Crippen molar-refractivity contribution in [3.8, 4) is 11.6 Å². The van der Waals surface area contributed by atoms with Gasteiger partial charge in [-0.3, -0.25) is 9.20 Å². The predicted molar refractivity (Wildman–Crippen MR) is 59.5 cm³/mol. The van der Waals surface area contributed by atoms with Crippen molar-refractivity contribution >= 4 is 23.3 Å². The maximum absolute atomic E-state index is 10.9. The summed E-state index contributed by atoms with van der Waals surface area (Å²) in [5.74, 6) is 1.14. The van der Waals surface area contributed by atoms with Gasteiger partial charge in [0.15, 0.2) is 12.1 Å². The Morgan fingerprint density at radius 1 is 1.38 bits per heavy atom. The highest BCUT2D eigenvalue weighted by Gasteiger charge is 2.13. The van der Waals surface area contributed by atoms with Crippen molar-refractivity contribution in [1.82, 2.24) is 18.7 Å². The molecule has 16 heavy (non-hydrogen) atoms. The molecule has 0 radical (unpaired) electrons. The first kappa shape index (κ1) is 9.17. The van der Waals surface area contributed by atoms with Crippen LogP contribution in [-0.2, 0) is 0 Å². The van der Waals surface area contributed by atoms with Crippen LogP contribution in [0.2, 0.25) is 0 Å². The Bertz CT molecular complexity index is 644. The molecule has 0 aliphatic carbocycles. The highest BCUT2D eigenvalue weighted by atomic mass is 32.1. The standard InChI is InChI=1S/C10H6N4OS/c15-5-7-8-3-1-2-4-14(8)10(12-7)9-11-6-16-13-9/h1-6H. The fraction of sp³-hybridized carbons (Fsp3) is 0. The quantitative estimate of drug-likeness (QED) is 0.628. The fourth-order valence-electron chi connectivity index (χ4n) is 1.58. The Morgan fingerprint density at radius 3 is 3.06 bits per heavy atom. The Hall–Kier alpha value is -2.08. The van der Waals surface area contributed by atoms with E-state index in [2.05, 4.69) is 14.3 Å². The molecule has 0 aliphatic rings. The van der Waals surface area contributed by atoms with E-state index in [0.717, 1.165) is 11.8 Å². The van der Waals surface area contributed by atoms with E-state index in [1.807, 2.05) is 28.8 Å². The average molecular weight is 230 g/mol. The third kappa shape index (κ3) is 1.24. The minimum absolute atomic E-state index is 0.408. The number of carbonyl (C=O) groups excluding carboxylic acids is 1. The van der Waals surface area contributed by atoms with Gasteiger partial charge in [0.05, 0.1) is 5.52 Å².